The van der Waals surface area contributed by atoms with Crippen molar-refractivity contribution in [3.8, 4) is 0 Å². The van der Waals surface area contributed by atoms with Gasteiger partial charge in [-0.3, -0.25) is 19.8 Å². The molecule has 0 radical (unpaired) electrons. The highest BCUT2D eigenvalue weighted by molar-refractivity contribution is 6.04. The van der Waals surface area contributed by atoms with Gasteiger partial charge in [-0.2, -0.15) is 0 Å². The number of carbonyl (C=O) groups is 3. The van der Waals surface area contributed by atoms with Crippen LogP contribution in [0.1, 0.15) is 53.7 Å². The van der Waals surface area contributed by atoms with Crippen molar-refractivity contribution < 1.29 is 14.4 Å². The van der Waals surface area contributed by atoms with Crippen LogP contribution in [0.25, 0.3) is 10.9 Å². The van der Waals surface area contributed by atoms with E-state index in [-0.39, 0.29) is 17.6 Å². The monoisotopic (exact) mass is 523 g/mol. The Bertz CT molecular complexity index is 1540. The number of H-pyrrole nitrogens is 1. The van der Waals surface area contributed by atoms with Gasteiger partial charge < -0.3 is 16.0 Å². The summed E-state index contributed by atoms with van der Waals surface area (Å²) in [6.45, 7) is 5.46. The zero-order chi connectivity index (χ0) is 27.7. The number of ketones is 1. The first-order chi connectivity index (χ1) is 18.6. The number of aromatic nitrogens is 1. The Labute approximate surface area is 227 Å². The van der Waals surface area contributed by atoms with Crippen LogP contribution in [0.2, 0.25) is 0 Å². The van der Waals surface area contributed by atoms with Crippen molar-refractivity contribution in [1.82, 2.24) is 15.4 Å². The standard InChI is InChI=1S/C31H33N5O3/c1-19(25-17-33-26-12-8-7-11-24(25)26)28(37)27-16-22-15-20(29(38)34-23-9-5-4-6-10-23)13-14-21(22)18-36(27)35-30(39)31(2,3)32/h4-15,17,19,27,33H,16,18,32H2,1-3H3,(H,34,38)(H,35,39). The molecule has 5 rings (SSSR count). The molecule has 8 nitrogen and oxygen atoms in total. The Morgan fingerprint density at radius 3 is 2.46 bits per heavy atom. The van der Waals surface area contributed by atoms with Crippen LogP contribution in [0.4, 0.5) is 5.69 Å². The smallest absolute Gasteiger partial charge is 0.255 e. The van der Waals surface area contributed by atoms with Crippen LogP contribution in [-0.4, -0.2) is 39.2 Å². The van der Waals surface area contributed by atoms with E-state index in [9.17, 15) is 14.4 Å². The van der Waals surface area contributed by atoms with Gasteiger partial charge in [-0.25, -0.2) is 5.01 Å². The van der Waals surface area contributed by atoms with Gasteiger partial charge in [-0.15, -0.1) is 0 Å². The second kappa shape index (κ2) is 10.5. The van der Waals surface area contributed by atoms with Crippen LogP contribution in [-0.2, 0) is 22.6 Å². The van der Waals surface area contributed by atoms with Gasteiger partial charge in [0.1, 0.15) is 0 Å². The van der Waals surface area contributed by atoms with Crippen molar-refractivity contribution in [3.05, 3.63) is 101 Å². The first kappa shape index (κ1) is 26.3. The molecule has 39 heavy (non-hydrogen) atoms. The van der Waals surface area contributed by atoms with Gasteiger partial charge in [-0.1, -0.05) is 49.4 Å². The van der Waals surface area contributed by atoms with Crippen molar-refractivity contribution in [3.63, 3.8) is 0 Å². The summed E-state index contributed by atoms with van der Waals surface area (Å²) < 4.78 is 0. The minimum atomic E-state index is -1.12. The van der Waals surface area contributed by atoms with E-state index in [4.69, 9.17) is 5.73 Å². The number of Topliss-reactive ketones (excluding diaryl/α,β-unsaturated/α-hetero) is 1. The number of hydrazine groups is 1. The van der Waals surface area contributed by atoms with Crippen LogP contribution < -0.4 is 16.5 Å². The molecule has 8 heteroatoms. The first-order valence-corrected chi connectivity index (χ1v) is 13.1. The Hall–Kier alpha value is -4.27. The second-order valence-electron chi connectivity index (χ2n) is 10.7. The number of nitrogens with zero attached hydrogens (tertiary/aromatic N) is 1. The normalized spacial score (nSPS) is 16.4. The van der Waals surface area contributed by atoms with E-state index in [1.807, 2.05) is 79.9 Å². The molecule has 2 heterocycles. The summed E-state index contributed by atoms with van der Waals surface area (Å²) in [5.41, 5.74) is 12.8. The molecule has 0 fully saturated rings. The van der Waals surface area contributed by atoms with Gasteiger partial charge in [0.2, 0.25) is 0 Å². The molecule has 1 aliphatic heterocycles. The number of fused-ring (bicyclic) bond motifs is 2. The molecular weight excluding hydrogens is 490 g/mol. The van der Waals surface area contributed by atoms with Gasteiger partial charge in [0, 0.05) is 40.8 Å². The van der Waals surface area contributed by atoms with E-state index in [0.29, 0.717) is 24.2 Å². The van der Waals surface area contributed by atoms with E-state index in [1.54, 1.807) is 24.9 Å². The zero-order valence-electron chi connectivity index (χ0n) is 22.3. The largest absolute Gasteiger partial charge is 0.361 e. The maximum absolute atomic E-state index is 14.0. The third kappa shape index (κ3) is 5.48. The lowest BCUT2D eigenvalue weighted by Crippen LogP contribution is -2.60. The molecule has 2 unspecified atom stereocenters. The van der Waals surface area contributed by atoms with Gasteiger partial charge in [0.15, 0.2) is 5.78 Å². The maximum atomic E-state index is 14.0. The molecular formula is C31H33N5O3. The molecule has 1 aromatic heterocycles. The van der Waals surface area contributed by atoms with Gasteiger partial charge in [0.05, 0.1) is 11.6 Å². The number of para-hydroxylation sites is 2. The number of rotatable bonds is 7. The van der Waals surface area contributed by atoms with Crippen LogP contribution in [0.15, 0.2) is 79.0 Å². The highest BCUT2D eigenvalue weighted by Crippen LogP contribution is 2.31. The first-order valence-electron chi connectivity index (χ1n) is 13.1. The van der Waals surface area contributed by atoms with Crippen molar-refractivity contribution in [1.29, 1.82) is 0 Å². The highest BCUT2D eigenvalue weighted by Gasteiger charge is 2.37. The Morgan fingerprint density at radius 2 is 1.72 bits per heavy atom. The van der Waals surface area contributed by atoms with Crippen LogP contribution in [0.3, 0.4) is 0 Å². The zero-order valence-corrected chi connectivity index (χ0v) is 22.3. The summed E-state index contributed by atoms with van der Waals surface area (Å²) >= 11 is 0. The fourth-order valence-corrected chi connectivity index (χ4v) is 4.99. The van der Waals surface area contributed by atoms with Gasteiger partial charge in [-0.05, 0) is 67.3 Å². The number of nitrogens with two attached hydrogens (primary N) is 1. The minimum Gasteiger partial charge on any atom is -0.361 e. The van der Waals surface area contributed by atoms with Crippen LogP contribution in [0, 0.1) is 0 Å². The van der Waals surface area contributed by atoms with Gasteiger partial charge in [0.25, 0.3) is 11.8 Å². The van der Waals surface area contributed by atoms with Crippen molar-refractivity contribution >= 4 is 34.2 Å². The second-order valence-corrected chi connectivity index (χ2v) is 10.7. The van der Waals surface area contributed by atoms with Crippen LogP contribution >= 0.6 is 0 Å². The Kier molecular flexibility index (Phi) is 7.08. The third-order valence-corrected chi connectivity index (χ3v) is 7.30. The van der Waals surface area contributed by atoms with E-state index in [2.05, 4.69) is 15.7 Å². The average Bonchev–Trinajstić information content (AvgIpc) is 3.36. The third-order valence-electron chi connectivity index (χ3n) is 7.30. The lowest BCUT2D eigenvalue weighted by Gasteiger charge is -2.38. The predicted molar refractivity (Wildman–Crippen MR) is 152 cm³/mol. The van der Waals surface area contributed by atoms with E-state index < -0.39 is 17.5 Å². The quantitative estimate of drug-likeness (QED) is 0.288. The maximum Gasteiger partial charge on any atom is 0.255 e. The number of hydrogen-bond donors (Lipinski definition) is 4. The number of aromatic amines is 1. The molecule has 0 saturated carbocycles. The fraction of sp³-hybridized carbons (Fsp3) is 0.258. The summed E-state index contributed by atoms with van der Waals surface area (Å²) in [6.07, 6.45) is 2.22. The number of hydrogen-bond acceptors (Lipinski definition) is 5. The molecule has 0 aliphatic carbocycles. The number of carbonyl (C=O) groups excluding carboxylic acids is 3. The molecule has 0 spiro atoms. The van der Waals surface area contributed by atoms with E-state index >= 15 is 0 Å². The van der Waals surface area contributed by atoms with Crippen molar-refractivity contribution in [2.75, 3.05) is 5.32 Å². The summed E-state index contributed by atoms with van der Waals surface area (Å²) in [4.78, 5) is 43.1. The van der Waals surface area contributed by atoms with E-state index in [0.717, 1.165) is 27.6 Å². The van der Waals surface area contributed by atoms with Crippen LogP contribution in [0.5, 0.6) is 0 Å². The SMILES string of the molecule is CC(C(=O)C1Cc2cc(C(=O)Nc3ccccc3)ccc2CN1NC(=O)C(C)(C)N)c1c[nH]c2ccccc12. The molecule has 0 saturated heterocycles. The van der Waals surface area contributed by atoms with E-state index in [1.165, 1.54) is 0 Å². The van der Waals surface area contributed by atoms with Gasteiger partial charge >= 0.3 is 0 Å². The predicted octanol–water partition coefficient (Wildman–Crippen LogP) is 4.29. The highest BCUT2D eigenvalue weighted by atomic mass is 16.2. The number of amides is 2. The molecule has 3 aromatic carbocycles. The summed E-state index contributed by atoms with van der Waals surface area (Å²) in [6, 6.07) is 22.0. The summed E-state index contributed by atoms with van der Waals surface area (Å²) in [5.74, 6) is -1.05. The molecule has 0 bridgehead atoms. The van der Waals surface area contributed by atoms with Crippen molar-refractivity contribution in [2.45, 2.75) is 51.2 Å². The molecule has 4 aromatic rings. The summed E-state index contributed by atoms with van der Waals surface area (Å²) in [7, 11) is 0. The fourth-order valence-electron chi connectivity index (χ4n) is 4.99. The number of benzene rings is 3. The molecule has 5 N–H and O–H groups in total. The summed E-state index contributed by atoms with van der Waals surface area (Å²) in [5, 5.41) is 5.60. The Balaban J connectivity index is 1.45. The minimum absolute atomic E-state index is 0.0281. The number of anilines is 1. The average molecular weight is 524 g/mol. The molecule has 2 atom stereocenters. The molecule has 1 aliphatic rings. The topological polar surface area (TPSA) is 120 Å². The Morgan fingerprint density at radius 1 is 1.00 bits per heavy atom. The lowest BCUT2D eigenvalue weighted by atomic mass is 9.85. The molecule has 200 valence electrons. The lowest BCUT2D eigenvalue weighted by molar-refractivity contribution is -0.136. The molecule has 2 amide bonds. The number of nitrogens with one attached hydrogen (secondary N) is 3. The van der Waals surface area contributed by atoms with Crippen molar-refractivity contribution in [2.24, 2.45) is 5.73 Å².